The minimum atomic E-state index is -1.08. The Morgan fingerprint density at radius 3 is 2.31 bits per heavy atom. The minimum absolute atomic E-state index is 0.0896. The van der Waals surface area contributed by atoms with Crippen LogP contribution >= 0.6 is 102 Å². The molecule has 1 amide bonds. The second-order valence-corrected chi connectivity index (χ2v) is 11.1. The van der Waals surface area contributed by atoms with Crippen LogP contribution < -0.4 is 10.1 Å². The van der Waals surface area contributed by atoms with Crippen molar-refractivity contribution in [3.8, 4) is 16.2 Å². The van der Waals surface area contributed by atoms with Gasteiger partial charge in [-0.05, 0) is 114 Å². The lowest BCUT2D eigenvalue weighted by molar-refractivity contribution is 0.0699. The number of hydrogen-bond donors (Lipinski definition) is 2. The van der Waals surface area contributed by atoms with Crippen molar-refractivity contribution in [2.45, 2.75) is 0 Å². The Hall–Kier alpha value is -0.200. The number of carboxylic acids is 1. The number of thiophene rings is 1. The molecule has 0 aliphatic heterocycles. The predicted octanol–water partition coefficient (Wildman–Crippen LogP) is 6.79. The van der Waals surface area contributed by atoms with E-state index >= 15 is 0 Å². The van der Waals surface area contributed by atoms with Crippen molar-refractivity contribution in [3.05, 3.63) is 61.1 Å². The van der Waals surface area contributed by atoms with E-state index in [9.17, 15) is 14.7 Å². The molecular weight excluding hydrogens is 846 g/mol. The molecular formula is C19H11I4NO4S. The lowest BCUT2D eigenvalue weighted by Gasteiger charge is -2.13. The molecule has 1 heterocycles. The van der Waals surface area contributed by atoms with Crippen LogP contribution in [0.3, 0.4) is 0 Å². The van der Waals surface area contributed by atoms with E-state index in [4.69, 9.17) is 4.74 Å². The fraction of sp³-hybridized carbons (Fsp3) is 0.0526. The first-order valence-corrected chi connectivity index (χ1v) is 13.1. The van der Waals surface area contributed by atoms with Crippen molar-refractivity contribution in [1.29, 1.82) is 0 Å². The summed E-state index contributed by atoms with van der Waals surface area (Å²) in [5.74, 6) is -0.831. The van der Waals surface area contributed by atoms with Crippen molar-refractivity contribution < 1.29 is 19.4 Å². The molecule has 2 aromatic carbocycles. The van der Waals surface area contributed by atoms with Gasteiger partial charge in [0, 0.05) is 12.5 Å². The zero-order chi connectivity index (χ0) is 21.3. The van der Waals surface area contributed by atoms with Gasteiger partial charge in [-0.3, -0.25) is 4.79 Å². The standard InChI is InChI=1S/C19H11I4NO4S/c1-28-16-14(22)10(6-11(21)15(16)23)18(25)24-12-7-29-17(13(12)19(26)27)8-2-4-9(20)5-3-8/h2-7H,1H3,(H,24,25)(H,26,27). The fourth-order valence-corrected chi connectivity index (χ4v) is 6.56. The highest BCUT2D eigenvalue weighted by Gasteiger charge is 2.24. The van der Waals surface area contributed by atoms with E-state index in [0.29, 0.717) is 19.8 Å². The van der Waals surface area contributed by atoms with Gasteiger partial charge < -0.3 is 15.2 Å². The summed E-state index contributed by atoms with van der Waals surface area (Å²) in [6.45, 7) is 0. The second-order valence-electron chi connectivity index (χ2n) is 5.69. The molecule has 1 aromatic heterocycles. The molecule has 29 heavy (non-hydrogen) atoms. The van der Waals surface area contributed by atoms with Gasteiger partial charge in [0.2, 0.25) is 0 Å². The molecule has 0 saturated carbocycles. The van der Waals surface area contributed by atoms with Gasteiger partial charge in [0.1, 0.15) is 11.3 Å². The second kappa shape index (κ2) is 9.95. The molecule has 0 radical (unpaired) electrons. The van der Waals surface area contributed by atoms with E-state index in [0.717, 1.165) is 16.3 Å². The molecule has 0 atom stereocenters. The number of methoxy groups -OCH3 is 1. The van der Waals surface area contributed by atoms with Crippen LogP contribution in [0.2, 0.25) is 0 Å². The Morgan fingerprint density at radius 1 is 1.07 bits per heavy atom. The number of halogens is 4. The topological polar surface area (TPSA) is 75.6 Å². The lowest BCUT2D eigenvalue weighted by Crippen LogP contribution is -2.16. The van der Waals surface area contributed by atoms with Gasteiger partial charge in [-0.25, -0.2) is 4.79 Å². The summed E-state index contributed by atoms with van der Waals surface area (Å²) in [4.78, 5) is 25.5. The average Bonchev–Trinajstić information content (AvgIpc) is 3.09. The number of nitrogens with one attached hydrogen (secondary N) is 1. The Labute approximate surface area is 225 Å². The highest BCUT2D eigenvalue weighted by Crippen LogP contribution is 2.38. The number of aromatic carboxylic acids is 1. The summed E-state index contributed by atoms with van der Waals surface area (Å²) in [5, 5.41) is 14.2. The predicted molar refractivity (Wildman–Crippen MR) is 149 cm³/mol. The first kappa shape index (κ1) is 23.5. The average molecular weight is 857 g/mol. The molecule has 2 N–H and O–H groups in total. The lowest BCUT2D eigenvalue weighted by atomic mass is 10.1. The smallest absolute Gasteiger partial charge is 0.339 e. The zero-order valence-corrected chi connectivity index (χ0v) is 24.0. The zero-order valence-electron chi connectivity index (χ0n) is 14.6. The molecule has 0 unspecified atom stereocenters. The van der Waals surface area contributed by atoms with E-state index in [-0.39, 0.29) is 17.2 Å². The molecule has 0 saturated heterocycles. The van der Waals surface area contributed by atoms with Crippen LogP contribution in [0.15, 0.2) is 35.7 Å². The summed E-state index contributed by atoms with van der Waals surface area (Å²) >= 11 is 9.88. The summed E-state index contributed by atoms with van der Waals surface area (Å²) in [6.07, 6.45) is 0. The first-order chi connectivity index (χ1) is 13.7. The summed E-state index contributed by atoms with van der Waals surface area (Å²) in [5.41, 5.74) is 1.61. The molecule has 3 rings (SSSR count). The molecule has 0 aliphatic rings. The van der Waals surface area contributed by atoms with Crippen LogP contribution in [-0.2, 0) is 0 Å². The van der Waals surface area contributed by atoms with Crippen molar-refractivity contribution in [3.63, 3.8) is 0 Å². The third-order valence-corrected chi connectivity index (χ3v) is 9.70. The van der Waals surface area contributed by atoms with E-state index in [2.05, 4.69) is 95.7 Å². The third kappa shape index (κ3) is 5.01. The maximum absolute atomic E-state index is 13.0. The first-order valence-electron chi connectivity index (χ1n) is 7.88. The van der Waals surface area contributed by atoms with Crippen molar-refractivity contribution in [2.75, 3.05) is 12.4 Å². The van der Waals surface area contributed by atoms with Crippen LogP contribution in [-0.4, -0.2) is 24.1 Å². The maximum atomic E-state index is 13.0. The number of ether oxygens (including phenoxy) is 1. The molecule has 150 valence electrons. The van der Waals surface area contributed by atoms with Gasteiger partial charge in [-0.15, -0.1) is 11.3 Å². The van der Waals surface area contributed by atoms with Gasteiger partial charge in [0.25, 0.3) is 5.91 Å². The van der Waals surface area contributed by atoms with Crippen LogP contribution in [0.25, 0.3) is 10.4 Å². The van der Waals surface area contributed by atoms with Gasteiger partial charge >= 0.3 is 5.97 Å². The Morgan fingerprint density at radius 2 is 1.72 bits per heavy atom. The van der Waals surface area contributed by atoms with Crippen molar-refractivity contribution in [1.82, 2.24) is 0 Å². The van der Waals surface area contributed by atoms with Gasteiger partial charge in [-0.1, -0.05) is 12.1 Å². The number of carboxylic acid groups (broad SMARTS) is 1. The van der Waals surface area contributed by atoms with E-state index in [1.54, 1.807) is 18.6 Å². The van der Waals surface area contributed by atoms with Crippen molar-refractivity contribution >= 4 is 119 Å². The number of benzene rings is 2. The number of amides is 1. The number of carbonyl (C=O) groups is 2. The Balaban J connectivity index is 2.01. The van der Waals surface area contributed by atoms with E-state index in [1.165, 1.54) is 11.3 Å². The van der Waals surface area contributed by atoms with Crippen LogP contribution in [0.1, 0.15) is 20.7 Å². The number of hydrogen-bond acceptors (Lipinski definition) is 4. The number of rotatable bonds is 5. The van der Waals surface area contributed by atoms with Crippen LogP contribution in [0.4, 0.5) is 5.69 Å². The number of anilines is 1. The fourth-order valence-electron chi connectivity index (χ4n) is 2.59. The SMILES string of the molecule is COc1c(I)c(I)cc(C(=O)Nc2csc(-c3ccc(I)cc3)c2C(=O)O)c1I. The molecule has 3 aromatic rings. The summed E-state index contributed by atoms with van der Waals surface area (Å²) in [7, 11) is 1.56. The Bertz CT molecular complexity index is 1110. The molecule has 0 spiro atoms. The summed E-state index contributed by atoms with van der Waals surface area (Å²) in [6, 6.07) is 9.36. The highest BCUT2D eigenvalue weighted by molar-refractivity contribution is 14.1. The quantitative estimate of drug-likeness (QED) is 0.219. The van der Waals surface area contributed by atoms with Gasteiger partial charge in [-0.2, -0.15) is 0 Å². The van der Waals surface area contributed by atoms with Gasteiger partial charge in [0.15, 0.2) is 0 Å². The molecule has 10 heteroatoms. The number of carbonyl (C=O) groups excluding carboxylic acids is 1. The van der Waals surface area contributed by atoms with E-state index in [1.807, 2.05) is 24.3 Å². The maximum Gasteiger partial charge on any atom is 0.339 e. The molecule has 0 aliphatic carbocycles. The van der Waals surface area contributed by atoms with Crippen LogP contribution in [0.5, 0.6) is 5.75 Å². The van der Waals surface area contributed by atoms with Crippen molar-refractivity contribution in [2.24, 2.45) is 0 Å². The van der Waals surface area contributed by atoms with Gasteiger partial charge in [0.05, 0.1) is 30.4 Å². The minimum Gasteiger partial charge on any atom is -0.494 e. The highest BCUT2D eigenvalue weighted by atomic mass is 127. The molecule has 0 bridgehead atoms. The molecule has 5 nitrogen and oxygen atoms in total. The third-order valence-electron chi connectivity index (χ3n) is 3.92. The summed E-state index contributed by atoms with van der Waals surface area (Å²) < 4.78 is 8.99. The van der Waals surface area contributed by atoms with E-state index < -0.39 is 5.97 Å². The van der Waals surface area contributed by atoms with Crippen LogP contribution in [0, 0.1) is 14.3 Å². The normalized spacial score (nSPS) is 10.7. The monoisotopic (exact) mass is 857 g/mol. The Kier molecular flexibility index (Phi) is 8.05. The largest absolute Gasteiger partial charge is 0.494 e. The molecule has 0 fully saturated rings.